The lowest BCUT2D eigenvalue weighted by molar-refractivity contribution is 0.858. The van der Waals surface area contributed by atoms with E-state index in [1.54, 1.807) is 12.4 Å². The van der Waals surface area contributed by atoms with Gasteiger partial charge in [-0.15, -0.1) is 0 Å². The highest BCUT2D eigenvalue weighted by Crippen LogP contribution is 2.25. The van der Waals surface area contributed by atoms with Crippen LogP contribution in [0.25, 0.3) is 23.0 Å². The van der Waals surface area contributed by atoms with Gasteiger partial charge in [-0.25, -0.2) is 19.6 Å². The van der Waals surface area contributed by atoms with Gasteiger partial charge in [0.1, 0.15) is 11.5 Å². The topological polar surface area (TPSA) is 73.8 Å². The lowest BCUT2D eigenvalue weighted by atomic mass is 10.3. The molecule has 0 saturated heterocycles. The van der Waals surface area contributed by atoms with E-state index in [9.17, 15) is 0 Å². The molecule has 0 atom stereocenters. The molecule has 4 aromatic rings. The molecule has 7 heteroatoms. The number of hydrogen-bond acceptors (Lipinski definition) is 5. The van der Waals surface area contributed by atoms with Crippen molar-refractivity contribution in [2.24, 2.45) is 0 Å². The molecule has 0 fully saturated rings. The van der Waals surface area contributed by atoms with Gasteiger partial charge in [-0.1, -0.05) is 0 Å². The number of rotatable bonds is 2. The first kappa shape index (κ1) is 13.6. The molecule has 0 aliphatic heterocycles. The van der Waals surface area contributed by atoms with Crippen LogP contribution >= 0.6 is 0 Å². The monoisotopic (exact) mass is 305 g/mol. The Labute approximate surface area is 132 Å². The van der Waals surface area contributed by atoms with Crippen LogP contribution in [-0.4, -0.2) is 34.1 Å². The van der Waals surface area contributed by atoms with Crippen molar-refractivity contribution < 1.29 is 0 Å². The zero-order valence-electron chi connectivity index (χ0n) is 13.1. The Morgan fingerprint density at radius 2 is 1.87 bits per heavy atom. The van der Waals surface area contributed by atoms with Gasteiger partial charge >= 0.3 is 0 Å². The SMILES string of the molecule is Cc1cc(-n2nc(C)nc2-c2c(C)nc3ncccn23)ccn1. The van der Waals surface area contributed by atoms with Crippen molar-refractivity contribution in [3.8, 4) is 17.2 Å². The summed E-state index contributed by atoms with van der Waals surface area (Å²) in [5.41, 5.74) is 3.61. The van der Waals surface area contributed by atoms with Gasteiger partial charge in [0.15, 0.2) is 5.82 Å². The molecule has 7 nitrogen and oxygen atoms in total. The van der Waals surface area contributed by atoms with Crippen molar-refractivity contribution >= 4 is 5.78 Å². The molecule has 0 aliphatic carbocycles. The zero-order valence-corrected chi connectivity index (χ0v) is 13.1. The van der Waals surface area contributed by atoms with Crippen molar-refractivity contribution in [1.82, 2.24) is 34.1 Å². The minimum atomic E-state index is 0.651. The lowest BCUT2D eigenvalue weighted by Gasteiger charge is -2.07. The molecule has 4 rings (SSSR count). The molecule has 0 N–H and O–H groups in total. The first-order valence-electron chi connectivity index (χ1n) is 7.30. The molecule has 0 amide bonds. The smallest absolute Gasteiger partial charge is 0.234 e. The first-order chi connectivity index (χ1) is 11.1. The molecule has 0 spiro atoms. The van der Waals surface area contributed by atoms with Gasteiger partial charge in [0.25, 0.3) is 0 Å². The summed E-state index contributed by atoms with van der Waals surface area (Å²) in [5, 5.41) is 4.54. The van der Waals surface area contributed by atoms with Gasteiger partial charge in [0, 0.05) is 24.3 Å². The molecule has 0 unspecified atom stereocenters. The van der Waals surface area contributed by atoms with E-state index in [4.69, 9.17) is 0 Å². The van der Waals surface area contributed by atoms with Gasteiger partial charge in [0.05, 0.1) is 11.4 Å². The predicted molar refractivity (Wildman–Crippen MR) is 85.3 cm³/mol. The van der Waals surface area contributed by atoms with Crippen LogP contribution in [0.4, 0.5) is 0 Å². The Morgan fingerprint density at radius 3 is 2.70 bits per heavy atom. The highest BCUT2D eigenvalue weighted by Gasteiger charge is 2.19. The molecular formula is C16H15N7. The molecule has 4 aromatic heterocycles. The van der Waals surface area contributed by atoms with Crippen molar-refractivity contribution in [2.75, 3.05) is 0 Å². The fraction of sp³-hybridized carbons (Fsp3) is 0.188. The minimum Gasteiger partial charge on any atom is -0.280 e. The van der Waals surface area contributed by atoms with Crippen molar-refractivity contribution in [1.29, 1.82) is 0 Å². The van der Waals surface area contributed by atoms with Crippen molar-refractivity contribution in [3.05, 3.63) is 54.0 Å². The van der Waals surface area contributed by atoms with E-state index in [1.807, 2.05) is 54.2 Å². The third kappa shape index (κ3) is 2.17. The van der Waals surface area contributed by atoms with E-state index in [0.29, 0.717) is 11.6 Å². The summed E-state index contributed by atoms with van der Waals surface area (Å²) in [4.78, 5) is 17.7. The molecule has 0 aliphatic rings. The maximum atomic E-state index is 4.61. The second-order valence-corrected chi connectivity index (χ2v) is 5.39. The number of imidazole rings is 1. The summed E-state index contributed by atoms with van der Waals surface area (Å²) in [6, 6.07) is 5.78. The van der Waals surface area contributed by atoms with Crippen LogP contribution < -0.4 is 0 Å². The van der Waals surface area contributed by atoms with Crippen LogP contribution in [0.2, 0.25) is 0 Å². The Balaban J connectivity index is 2.01. The predicted octanol–water partition coefficient (Wildman–Crippen LogP) is 2.30. The van der Waals surface area contributed by atoms with Crippen LogP contribution in [0.3, 0.4) is 0 Å². The first-order valence-corrected chi connectivity index (χ1v) is 7.30. The second kappa shape index (κ2) is 4.98. The molecule has 0 aromatic carbocycles. The Hall–Kier alpha value is -3.09. The highest BCUT2D eigenvalue weighted by molar-refractivity contribution is 5.61. The maximum absolute atomic E-state index is 4.61. The largest absolute Gasteiger partial charge is 0.280 e. The summed E-state index contributed by atoms with van der Waals surface area (Å²) in [6.07, 6.45) is 5.44. The molecule has 4 heterocycles. The molecule has 0 bridgehead atoms. The highest BCUT2D eigenvalue weighted by atomic mass is 15.4. The van der Waals surface area contributed by atoms with Crippen molar-refractivity contribution in [3.63, 3.8) is 0 Å². The standard InChI is InChI=1S/C16H15N7/c1-10-9-13(5-7-17-10)23-15(20-12(3)21-23)14-11(2)19-16-18-6-4-8-22(14)16/h4-9H,1-3H3. The normalized spacial score (nSPS) is 11.3. The van der Waals surface area contributed by atoms with Gasteiger partial charge in [0.2, 0.25) is 5.78 Å². The summed E-state index contributed by atoms with van der Waals surface area (Å²) in [6.45, 7) is 5.79. The molecule has 114 valence electrons. The van der Waals surface area contributed by atoms with E-state index in [2.05, 4.69) is 25.0 Å². The van der Waals surface area contributed by atoms with Crippen LogP contribution in [0.15, 0.2) is 36.8 Å². The van der Waals surface area contributed by atoms with Crippen LogP contribution in [0.1, 0.15) is 17.2 Å². The summed E-state index contributed by atoms with van der Waals surface area (Å²) in [7, 11) is 0. The Bertz CT molecular complexity index is 1010. The van der Waals surface area contributed by atoms with Gasteiger partial charge in [-0.3, -0.25) is 9.38 Å². The number of hydrogen-bond donors (Lipinski definition) is 0. The van der Waals surface area contributed by atoms with E-state index in [0.717, 1.165) is 28.6 Å². The summed E-state index contributed by atoms with van der Waals surface area (Å²) < 4.78 is 3.76. The molecule has 23 heavy (non-hydrogen) atoms. The number of pyridine rings is 1. The summed E-state index contributed by atoms with van der Waals surface area (Å²) >= 11 is 0. The molecule has 0 radical (unpaired) electrons. The minimum absolute atomic E-state index is 0.651. The average Bonchev–Trinajstić information content (AvgIpc) is 3.06. The number of fused-ring (bicyclic) bond motifs is 1. The van der Waals surface area contributed by atoms with Crippen LogP contribution in [0, 0.1) is 20.8 Å². The molecule has 0 saturated carbocycles. The van der Waals surface area contributed by atoms with E-state index in [1.165, 1.54) is 0 Å². The number of aryl methyl sites for hydroxylation is 3. The van der Waals surface area contributed by atoms with E-state index < -0.39 is 0 Å². The average molecular weight is 305 g/mol. The van der Waals surface area contributed by atoms with Gasteiger partial charge in [-0.2, -0.15) is 5.10 Å². The van der Waals surface area contributed by atoms with Gasteiger partial charge < -0.3 is 0 Å². The van der Waals surface area contributed by atoms with E-state index >= 15 is 0 Å². The maximum Gasteiger partial charge on any atom is 0.234 e. The number of aromatic nitrogens is 7. The van der Waals surface area contributed by atoms with Crippen LogP contribution in [-0.2, 0) is 0 Å². The Kier molecular flexibility index (Phi) is 2.94. The second-order valence-electron chi connectivity index (χ2n) is 5.39. The molecular weight excluding hydrogens is 290 g/mol. The fourth-order valence-electron chi connectivity index (χ4n) is 2.68. The zero-order chi connectivity index (χ0) is 16.0. The third-order valence-electron chi connectivity index (χ3n) is 3.63. The lowest BCUT2D eigenvalue weighted by Crippen LogP contribution is -2.03. The third-order valence-corrected chi connectivity index (χ3v) is 3.63. The summed E-state index contributed by atoms with van der Waals surface area (Å²) in [5.74, 6) is 2.09. The number of nitrogens with zero attached hydrogens (tertiary/aromatic N) is 7. The van der Waals surface area contributed by atoms with E-state index in [-0.39, 0.29) is 0 Å². The Morgan fingerprint density at radius 1 is 1.00 bits per heavy atom. The quantitative estimate of drug-likeness (QED) is 0.568. The van der Waals surface area contributed by atoms with Crippen LogP contribution in [0.5, 0.6) is 0 Å². The van der Waals surface area contributed by atoms with Crippen molar-refractivity contribution in [2.45, 2.75) is 20.8 Å². The van der Waals surface area contributed by atoms with Gasteiger partial charge in [-0.05, 0) is 39.0 Å². The fourth-order valence-corrected chi connectivity index (χ4v) is 2.68.